The van der Waals surface area contributed by atoms with Crippen LogP contribution in [0.1, 0.15) is 17.5 Å². The molecule has 4 rings (SSSR count). The molecule has 142 valence electrons. The minimum absolute atomic E-state index is 0.0182. The molecule has 1 saturated heterocycles. The summed E-state index contributed by atoms with van der Waals surface area (Å²) < 4.78 is 1.81. The highest BCUT2D eigenvalue weighted by Gasteiger charge is 2.34. The zero-order valence-electron chi connectivity index (χ0n) is 15.6. The number of nitrogens with one attached hydrogen (secondary N) is 1. The van der Waals surface area contributed by atoms with Gasteiger partial charge in [-0.25, -0.2) is 9.97 Å². The average Bonchev–Trinajstić information content (AvgIpc) is 3.37. The number of hydrogen-bond donors (Lipinski definition) is 1. The van der Waals surface area contributed by atoms with Crippen LogP contribution in [0.15, 0.2) is 61.3 Å². The van der Waals surface area contributed by atoms with Gasteiger partial charge in [-0.1, -0.05) is 23.8 Å². The number of benzene rings is 1. The second-order valence-corrected chi connectivity index (χ2v) is 6.95. The molecular weight excluding hydrogens is 354 g/mol. The molecule has 1 unspecified atom stereocenters. The van der Waals surface area contributed by atoms with Gasteiger partial charge in [0, 0.05) is 43.8 Å². The Morgan fingerprint density at radius 1 is 1.21 bits per heavy atom. The van der Waals surface area contributed by atoms with E-state index in [4.69, 9.17) is 0 Å². The van der Waals surface area contributed by atoms with E-state index >= 15 is 0 Å². The Balaban J connectivity index is 1.34. The van der Waals surface area contributed by atoms with Gasteiger partial charge in [0.25, 0.3) is 0 Å². The third-order valence-corrected chi connectivity index (χ3v) is 4.89. The van der Waals surface area contributed by atoms with Gasteiger partial charge in [-0.05, 0) is 30.7 Å². The number of pyridine rings is 1. The van der Waals surface area contributed by atoms with Gasteiger partial charge in [0.2, 0.25) is 11.8 Å². The Morgan fingerprint density at radius 2 is 2.04 bits per heavy atom. The number of aryl methyl sites for hydroxylation is 1. The smallest absolute Gasteiger partial charge is 0.227 e. The topological polar surface area (TPSA) is 80.1 Å². The lowest BCUT2D eigenvalue weighted by atomic mass is 10.1. The van der Waals surface area contributed by atoms with Crippen molar-refractivity contribution in [2.24, 2.45) is 5.92 Å². The number of carbonyl (C=O) groups excluding carboxylic acids is 2. The molecule has 2 amide bonds. The number of carbonyl (C=O) groups is 2. The van der Waals surface area contributed by atoms with E-state index < -0.39 is 0 Å². The SMILES string of the molecule is Cc1ccc(N2CC(C(=O)NCc3ccc(-n4ccnc4)nc3)CC2=O)cc1. The number of aromatic nitrogens is 3. The molecule has 1 aliphatic heterocycles. The number of hydrogen-bond acceptors (Lipinski definition) is 4. The fourth-order valence-electron chi connectivity index (χ4n) is 3.26. The van der Waals surface area contributed by atoms with Gasteiger partial charge in [-0.2, -0.15) is 0 Å². The second-order valence-electron chi connectivity index (χ2n) is 6.95. The van der Waals surface area contributed by atoms with Gasteiger partial charge in [-0.15, -0.1) is 0 Å². The van der Waals surface area contributed by atoms with Gasteiger partial charge in [-0.3, -0.25) is 14.2 Å². The molecule has 1 aromatic carbocycles. The normalized spacial score (nSPS) is 16.4. The van der Waals surface area contributed by atoms with Crippen molar-refractivity contribution in [2.45, 2.75) is 19.9 Å². The molecule has 1 aliphatic rings. The molecule has 1 atom stereocenters. The Labute approximate surface area is 163 Å². The number of rotatable bonds is 5. The first-order chi connectivity index (χ1) is 13.6. The van der Waals surface area contributed by atoms with Gasteiger partial charge in [0.1, 0.15) is 12.1 Å². The minimum atomic E-state index is -0.341. The molecule has 1 fully saturated rings. The molecule has 28 heavy (non-hydrogen) atoms. The van der Waals surface area contributed by atoms with Crippen molar-refractivity contribution in [2.75, 3.05) is 11.4 Å². The summed E-state index contributed by atoms with van der Waals surface area (Å²) in [7, 11) is 0. The maximum atomic E-state index is 12.5. The number of amides is 2. The van der Waals surface area contributed by atoms with E-state index in [1.54, 1.807) is 23.6 Å². The van der Waals surface area contributed by atoms with E-state index in [1.807, 2.05) is 54.1 Å². The lowest BCUT2D eigenvalue weighted by Gasteiger charge is -2.17. The van der Waals surface area contributed by atoms with Crippen LogP contribution in [0.5, 0.6) is 0 Å². The minimum Gasteiger partial charge on any atom is -0.352 e. The summed E-state index contributed by atoms with van der Waals surface area (Å²) in [6, 6.07) is 11.6. The standard InChI is InChI=1S/C21H21N5O2/c1-15-2-5-18(6-3-15)26-13-17(10-20(26)27)21(28)24-12-16-4-7-19(23-11-16)25-9-8-22-14-25/h2-9,11,14,17H,10,12-13H2,1H3,(H,24,28). The maximum Gasteiger partial charge on any atom is 0.227 e. The molecule has 0 aliphatic carbocycles. The molecule has 1 N–H and O–H groups in total. The van der Waals surface area contributed by atoms with E-state index in [0.717, 1.165) is 22.6 Å². The first-order valence-corrected chi connectivity index (χ1v) is 9.18. The third kappa shape index (κ3) is 3.78. The maximum absolute atomic E-state index is 12.5. The van der Waals surface area contributed by atoms with Gasteiger partial charge < -0.3 is 10.2 Å². The third-order valence-electron chi connectivity index (χ3n) is 4.89. The highest BCUT2D eigenvalue weighted by molar-refractivity contribution is 6.00. The van der Waals surface area contributed by atoms with E-state index in [1.165, 1.54) is 0 Å². The van der Waals surface area contributed by atoms with Crippen molar-refractivity contribution in [3.63, 3.8) is 0 Å². The van der Waals surface area contributed by atoms with Crippen LogP contribution in [-0.2, 0) is 16.1 Å². The summed E-state index contributed by atoms with van der Waals surface area (Å²) in [5, 5.41) is 2.92. The summed E-state index contributed by atoms with van der Waals surface area (Å²) in [6.07, 6.45) is 7.16. The van der Waals surface area contributed by atoms with Crippen molar-refractivity contribution < 1.29 is 9.59 Å². The van der Waals surface area contributed by atoms with E-state index in [0.29, 0.717) is 13.1 Å². The molecule has 0 radical (unpaired) electrons. The van der Waals surface area contributed by atoms with Gasteiger partial charge in [0.05, 0.1) is 5.92 Å². The quantitative estimate of drug-likeness (QED) is 0.742. The second kappa shape index (κ2) is 7.64. The molecule has 7 nitrogen and oxygen atoms in total. The molecule has 0 spiro atoms. The summed E-state index contributed by atoms with van der Waals surface area (Å²) in [5.41, 5.74) is 2.87. The average molecular weight is 375 g/mol. The van der Waals surface area contributed by atoms with Crippen LogP contribution >= 0.6 is 0 Å². The predicted molar refractivity (Wildman–Crippen MR) is 105 cm³/mol. The summed E-state index contributed by atoms with van der Waals surface area (Å²) >= 11 is 0. The van der Waals surface area contributed by atoms with Gasteiger partial charge in [0.15, 0.2) is 0 Å². The highest BCUT2D eigenvalue weighted by Crippen LogP contribution is 2.25. The first-order valence-electron chi connectivity index (χ1n) is 9.18. The van der Waals surface area contributed by atoms with Crippen LogP contribution in [0.25, 0.3) is 5.82 Å². The Hall–Kier alpha value is -3.48. The molecular formula is C21H21N5O2. The number of nitrogens with zero attached hydrogens (tertiary/aromatic N) is 4. The van der Waals surface area contributed by atoms with Crippen LogP contribution in [0.4, 0.5) is 5.69 Å². The zero-order chi connectivity index (χ0) is 19.5. The Bertz CT molecular complexity index is 965. The van der Waals surface area contributed by atoms with Crippen LogP contribution in [0.2, 0.25) is 0 Å². The first kappa shape index (κ1) is 17.9. The number of anilines is 1. The molecule has 7 heteroatoms. The summed E-state index contributed by atoms with van der Waals surface area (Å²) in [5.74, 6) is 0.298. The summed E-state index contributed by atoms with van der Waals surface area (Å²) in [4.78, 5) is 34.9. The fourth-order valence-corrected chi connectivity index (χ4v) is 3.26. The van der Waals surface area contributed by atoms with Crippen molar-refractivity contribution in [3.05, 3.63) is 72.4 Å². The van der Waals surface area contributed by atoms with Crippen LogP contribution in [-0.4, -0.2) is 32.9 Å². The van der Waals surface area contributed by atoms with E-state index in [2.05, 4.69) is 15.3 Å². The predicted octanol–water partition coefficient (Wildman–Crippen LogP) is 2.25. The summed E-state index contributed by atoms with van der Waals surface area (Å²) in [6.45, 7) is 2.79. The number of imidazole rings is 1. The van der Waals surface area contributed by atoms with Gasteiger partial charge >= 0.3 is 0 Å². The van der Waals surface area contributed by atoms with Crippen molar-refractivity contribution in [3.8, 4) is 5.82 Å². The monoisotopic (exact) mass is 375 g/mol. The van der Waals surface area contributed by atoms with Crippen LogP contribution in [0, 0.1) is 12.8 Å². The molecule has 0 saturated carbocycles. The van der Waals surface area contributed by atoms with Crippen molar-refractivity contribution in [1.29, 1.82) is 0 Å². The van der Waals surface area contributed by atoms with E-state index in [9.17, 15) is 9.59 Å². The molecule has 0 bridgehead atoms. The molecule has 3 heterocycles. The largest absolute Gasteiger partial charge is 0.352 e. The lowest BCUT2D eigenvalue weighted by Crippen LogP contribution is -2.32. The van der Waals surface area contributed by atoms with Crippen molar-refractivity contribution >= 4 is 17.5 Å². The zero-order valence-corrected chi connectivity index (χ0v) is 15.6. The fraction of sp³-hybridized carbons (Fsp3) is 0.238. The molecule has 2 aromatic heterocycles. The highest BCUT2D eigenvalue weighted by atomic mass is 16.2. The van der Waals surface area contributed by atoms with Crippen molar-refractivity contribution in [1.82, 2.24) is 19.9 Å². The van der Waals surface area contributed by atoms with E-state index in [-0.39, 0.29) is 24.2 Å². The Morgan fingerprint density at radius 3 is 2.71 bits per heavy atom. The van der Waals surface area contributed by atoms with Crippen LogP contribution in [0.3, 0.4) is 0 Å². The molecule has 3 aromatic rings. The lowest BCUT2D eigenvalue weighted by molar-refractivity contribution is -0.126. The Kier molecular flexibility index (Phi) is 4.89. The van der Waals surface area contributed by atoms with Crippen LogP contribution < -0.4 is 10.2 Å².